The van der Waals surface area contributed by atoms with Gasteiger partial charge in [-0.05, 0) is 37.1 Å². The summed E-state index contributed by atoms with van der Waals surface area (Å²) < 4.78 is 71.1. The number of nitrogens with one attached hydrogen (secondary N) is 1. The fourth-order valence-corrected chi connectivity index (χ4v) is 4.39. The molecule has 0 aliphatic heterocycles. The number of esters is 1. The fraction of sp³-hybridized carbons (Fsp3) is 0.825. The van der Waals surface area contributed by atoms with Gasteiger partial charge in [-0.3, -0.25) is 0 Å². The molecule has 0 spiro atoms. The summed E-state index contributed by atoms with van der Waals surface area (Å²) >= 11 is 0. The highest BCUT2D eigenvalue weighted by molar-refractivity contribution is 5.89. The van der Waals surface area contributed by atoms with Crippen molar-refractivity contribution in [3.63, 3.8) is 0 Å². The summed E-state index contributed by atoms with van der Waals surface area (Å²) in [7, 11) is 0. The van der Waals surface area contributed by atoms with Gasteiger partial charge in [0.15, 0.2) is 0 Å². The maximum atomic E-state index is 12.1. The van der Waals surface area contributed by atoms with Crippen molar-refractivity contribution >= 4 is 11.7 Å². The summed E-state index contributed by atoms with van der Waals surface area (Å²) in [6.45, 7) is 17.7. The van der Waals surface area contributed by atoms with Gasteiger partial charge in [0.1, 0.15) is 6.61 Å². The molecule has 0 radical (unpaired) electrons. The normalized spacial score (nSPS) is 11.4. The van der Waals surface area contributed by atoms with Crippen LogP contribution in [-0.2, 0) is 61.6 Å². The van der Waals surface area contributed by atoms with E-state index in [1.807, 2.05) is 12.1 Å². The monoisotopic (exact) mass is 792 g/mol. The number of unbranched alkanes of at least 4 members (excludes halogenated alkanes) is 3. The first-order valence-electron chi connectivity index (χ1n) is 20.2. The van der Waals surface area contributed by atoms with Crippen LogP contribution in [-0.4, -0.2) is 178 Å². The summed E-state index contributed by atoms with van der Waals surface area (Å²) in [6.07, 6.45) is 5.77. The van der Waals surface area contributed by atoms with Crippen LogP contribution in [0.15, 0.2) is 24.3 Å². The van der Waals surface area contributed by atoms with Gasteiger partial charge in [0, 0.05) is 18.8 Å². The van der Waals surface area contributed by atoms with Gasteiger partial charge < -0.3 is 66.9 Å². The van der Waals surface area contributed by atoms with Crippen molar-refractivity contribution in [3.8, 4) is 0 Å². The van der Waals surface area contributed by atoms with Crippen LogP contribution in [0.5, 0.6) is 0 Å². The molecule has 0 heterocycles. The van der Waals surface area contributed by atoms with Gasteiger partial charge in [0.2, 0.25) is 0 Å². The number of hydrogen-bond donors (Lipinski definition) is 1. The molecule has 1 N–H and O–H groups in total. The second-order valence-electron chi connectivity index (χ2n) is 12.0. The molecule has 0 saturated heterocycles. The van der Waals surface area contributed by atoms with E-state index in [1.165, 1.54) is 12.8 Å². The molecule has 15 nitrogen and oxygen atoms in total. The lowest BCUT2D eigenvalue weighted by molar-refractivity contribution is -0.0288. The van der Waals surface area contributed by atoms with E-state index in [1.54, 1.807) is 12.1 Å². The number of benzene rings is 1. The topological polar surface area (TPSA) is 149 Å². The van der Waals surface area contributed by atoms with Gasteiger partial charge in [-0.25, -0.2) is 4.79 Å². The first-order chi connectivity index (χ1) is 27.3. The Bertz CT molecular complexity index is 914. The van der Waals surface area contributed by atoms with Crippen molar-refractivity contribution in [2.24, 2.45) is 0 Å². The Kier molecular flexibility index (Phi) is 40.0. The van der Waals surface area contributed by atoms with E-state index in [2.05, 4.69) is 19.2 Å². The van der Waals surface area contributed by atoms with Gasteiger partial charge in [-0.15, -0.1) is 0 Å². The predicted octanol–water partition coefficient (Wildman–Crippen LogP) is 4.44. The minimum Gasteiger partial charge on any atom is -0.460 e. The second-order valence-corrected chi connectivity index (χ2v) is 12.0. The van der Waals surface area contributed by atoms with Gasteiger partial charge in [-0.2, -0.15) is 0 Å². The molecule has 15 heteroatoms. The molecule has 0 bridgehead atoms. The maximum absolute atomic E-state index is 12.1. The van der Waals surface area contributed by atoms with Crippen LogP contribution in [0.2, 0.25) is 0 Å². The Morgan fingerprint density at radius 3 is 0.982 bits per heavy atom. The lowest BCUT2D eigenvalue weighted by Crippen LogP contribution is -2.16. The van der Waals surface area contributed by atoms with Crippen molar-refractivity contribution in [1.82, 2.24) is 0 Å². The molecule has 1 rings (SSSR count). The molecule has 0 aromatic heterocycles. The lowest BCUT2D eigenvalue weighted by atomic mass is 10.2. The molecule has 0 atom stereocenters. The fourth-order valence-electron chi connectivity index (χ4n) is 4.39. The zero-order valence-electron chi connectivity index (χ0n) is 33.9. The van der Waals surface area contributed by atoms with Gasteiger partial charge in [0.25, 0.3) is 0 Å². The number of carbonyl (C=O) groups excluding carboxylic acids is 1. The molecule has 0 unspecified atom stereocenters. The van der Waals surface area contributed by atoms with Gasteiger partial charge >= 0.3 is 5.97 Å². The van der Waals surface area contributed by atoms with Crippen molar-refractivity contribution in [2.75, 3.05) is 177 Å². The van der Waals surface area contributed by atoms with E-state index in [0.29, 0.717) is 158 Å². The molecule has 0 saturated carbocycles. The maximum Gasteiger partial charge on any atom is 0.338 e. The molecule has 0 amide bonds. The Labute approximate surface area is 330 Å². The molecule has 0 fully saturated rings. The van der Waals surface area contributed by atoms with E-state index < -0.39 is 0 Å². The standard InChI is InChI=1S/C40H73NO14/c1-3-5-7-13-43-14-15-44-16-17-45-18-19-46-20-21-47-22-23-48-24-25-49-26-27-50-28-29-51-30-31-52-32-33-53-34-35-54-36-37-55-40(42)38-8-10-39(11-9-38)41-12-6-4-2/h8-11,41H,3-7,12-37H2,1-2H3. The summed E-state index contributed by atoms with van der Waals surface area (Å²) in [6, 6.07) is 7.29. The largest absolute Gasteiger partial charge is 0.460 e. The van der Waals surface area contributed by atoms with Crippen LogP contribution in [0.3, 0.4) is 0 Å². The number of ether oxygens (including phenoxy) is 13. The molecule has 1 aromatic rings. The quantitative estimate of drug-likeness (QED) is 0.0732. The first kappa shape index (κ1) is 51.0. The summed E-state index contributed by atoms with van der Waals surface area (Å²) in [5.41, 5.74) is 1.51. The number of rotatable bonds is 45. The third-order valence-electron chi connectivity index (χ3n) is 7.43. The summed E-state index contributed by atoms with van der Waals surface area (Å²) in [4.78, 5) is 12.1. The van der Waals surface area contributed by atoms with Crippen molar-refractivity contribution < 1.29 is 66.4 Å². The molecular weight excluding hydrogens is 718 g/mol. The molecular formula is C40H73NO14. The third kappa shape index (κ3) is 37.4. The molecule has 0 aliphatic carbocycles. The highest BCUT2D eigenvalue weighted by atomic mass is 16.6. The van der Waals surface area contributed by atoms with Gasteiger partial charge in [0.05, 0.1) is 158 Å². The van der Waals surface area contributed by atoms with E-state index in [4.69, 9.17) is 61.6 Å². The van der Waals surface area contributed by atoms with Crippen LogP contribution in [0.4, 0.5) is 5.69 Å². The van der Waals surface area contributed by atoms with Crippen LogP contribution in [0, 0.1) is 0 Å². The third-order valence-corrected chi connectivity index (χ3v) is 7.43. The van der Waals surface area contributed by atoms with Crippen LogP contribution in [0.1, 0.15) is 56.3 Å². The molecule has 55 heavy (non-hydrogen) atoms. The zero-order chi connectivity index (χ0) is 39.4. The van der Waals surface area contributed by atoms with Crippen LogP contribution >= 0.6 is 0 Å². The second kappa shape index (κ2) is 43.1. The average molecular weight is 792 g/mol. The van der Waals surface area contributed by atoms with E-state index >= 15 is 0 Å². The Morgan fingerprint density at radius 1 is 0.382 bits per heavy atom. The SMILES string of the molecule is CCCCCOCCOCCOCCOCCOCCOCCOCCOCCOCCOCCOCCOCCOC(=O)c1ccc(NCCCC)cc1. The zero-order valence-corrected chi connectivity index (χ0v) is 33.9. The highest BCUT2D eigenvalue weighted by Gasteiger charge is 2.07. The Morgan fingerprint density at radius 2 is 0.673 bits per heavy atom. The summed E-state index contributed by atoms with van der Waals surface area (Å²) in [5, 5.41) is 3.32. The minimum absolute atomic E-state index is 0.189. The van der Waals surface area contributed by atoms with Crippen molar-refractivity contribution in [3.05, 3.63) is 29.8 Å². The Balaban J connectivity index is 1.67. The predicted molar refractivity (Wildman–Crippen MR) is 209 cm³/mol. The average Bonchev–Trinajstić information content (AvgIpc) is 3.20. The molecule has 0 aliphatic rings. The number of carbonyl (C=O) groups is 1. The Hall–Kier alpha value is -1.99. The highest BCUT2D eigenvalue weighted by Crippen LogP contribution is 2.11. The summed E-state index contributed by atoms with van der Waals surface area (Å²) in [5.74, 6) is -0.361. The lowest BCUT2D eigenvalue weighted by Gasteiger charge is -2.09. The van der Waals surface area contributed by atoms with Crippen LogP contribution in [0.25, 0.3) is 0 Å². The van der Waals surface area contributed by atoms with Crippen molar-refractivity contribution in [1.29, 1.82) is 0 Å². The number of anilines is 1. The van der Waals surface area contributed by atoms with E-state index in [0.717, 1.165) is 38.1 Å². The molecule has 1 aromatic carbocycles. The smallest absolute Gasteiger partial charge is 0.338 e. The van der Waals surface area contributed by atoms with E-state index in [9.17, 15) is 4.79 Å². The first-order valence-corrected chi connectivity index (χ1v) is 20.2. The number of hydrogen-bond acceptors (Lipinski definition) is 15. The van der Waals surface area contributed by atoms with Crippen molar-refractivity contribution in [2.45, 2.75) is 46.0 Å². The molecule has 322 valence electrons. The minimum atomic E-state index is -0.361. The van der Waals surface area contributed by atoms with Gasteiger partial charge in [-0.1, -0.05) is 33.1 Å². The van der Waals surface area contributed by atoms with Crippen LogP contribution < -0.4 is 5.32 Å². The van der Waals surface area contributed by atoms with E-state index in [-0.39, 0.29) is 12.6 Å².